The molecular formula is C70H44N2. The number of para-hydroxylation sites is 2. The minimum absolute atomic E-state index is 1.14. The maximum Gasteiger partial charge on any atom is 0.0541 e. The van der Waals surface area contributed by atoms with Crippen LogP contribution >= 0.6 is 0 Å². The maximum absolute atomic E-state index is 2.43. The minimum Gasteiger partial charge on any atom is -0.309 e. The molecule has 0 bridgehead atoms. The highest BCUT2D eigenvalue weighted by Gasteiger charge is 2.19. The monoisotopic (exact) mass is 912 g/mol. The fourth-order valence-corrected chi connectivity index (χ4v) is 11.9. The molecule has 0 N–H and O–H groups in total. The van der Waals surface area contributed by atoms with Crippen LogP contribution in [0, 0.1) is 0 Å². The Labute approximate surface area is 416 Å². The zero-order valence-corrected chi connectivity index (χ0v) is 39.3. The van der Waals surface area contributed by atoms with E-state index in [1.54, 1.807) is 0 Å². The molecule has 0 atom stereocenters. The van der Waals surface area contributed by atoms with E-state index in [9.17, 15) is 0 Å². The van der Waals surface area contributed by atoms with Gasteiger partial charge in [-0.1, -0.05) is 200 Å². The van der Waals surface area contributed by atoms with Crippen molar-refractivity contribution in [1.29, 1.82) is 0 Å². The normalized spacial score (nSPS) is 11.9. The fraction of sp³-hybridized carbons (Fsp3) is 0. The lowest BCUT2D eigenvalue weighted by atomic mass is 9.87. The molecule has 0 aliphatic rings. The standard InChI is InChI=1S/C70H44N2/c1-2-14-45(15-3-1)46-26-28-47(29-27-46)48-30-36-52(37-31-48)71-66-24-12-10-20-58(66)63-42-50(34-40-68(63)71)51-35-41-69-64(43-51)59-21-11-13-25-67(59)72(69)53-38-32-49(33-39-53)62-44-65-56-18-5-4-16-54(56)55-17-6-8-22-60(55)70(65)61-23-9-7-19-57(61)62/h1-44H. The third-order valence-electron chi connectivity index (χ3n) is 15.3. The Bertz CT molecular complexity index is 4630. The highest BCUT2D eigenvalue weighted by molar-refractivity contribution is 6.33. The summed E-state index contributed by atoms with van der Waals surface area (Å²) in [6.07, 6.45) is 0. The van der Waals surface area contributed by atoms with Crippen molar-refractivity contribution in [2.75, 3.05) is 0 Å². The summed E-state index contributed by atoms with van der Waals surface area (Å²) in [5.74, 6) is 0. The Morgan fingerprint density at radius 2 is 0.514 bits per heavy atom. The number of fused-ring (bicyclic) bond motifs is 14. The first-order chi connectivity index (χ1) is 35.7. The quantitative estimate of drug-likeness (QED) is 0.147. The lowest BCUT2D eigenvalue weighted by molar-refractivity contribution is 1.18. The summed E-state index contributed by atoms with van der Waals surface area (Å²) in [5, 5.41) is 15.3. The first kappa shape index (κ1) is 40.4. The van der Waals surface area contributed by atoms with Crippen LogP contribution in [0.5, 0.6) is 0 Å². The van der Waals surface area contributed by atoms with Crippen molar-refractivity contribution in [2.45, 2.75) is 0 Å². The van der Waals surface area contributed by atoms with E-state index in [2.05, 4.69) is 276 Å². The van der Waals surface area contributed by atoms with Crippen LogP contribution in [0.25, 0.3) is 143 Å². The van der Waals surface area contributed by atoms with Crippen molar-refractivity contribution in [3.8, 4) is 55.9 Å². The van der Waals surface area contributed by atoms with Crippen molar-refractivity contribution in [3.63, 3.8) is 0 Å². The van der Waals surface area contributed by atoms with Crippen LogP contribution in [-0.4, -0.2) is 9.13 Å². The topological polar surface area (TPSA) is 9.86 Å². The Balaban J connectivity index is 0.799. The number of benzene rings is 13. The van der Waals surface area contributed by atoms with Gasteiger partial charge in [0.15, 0.2) is 0 Å². The molecule has 13 aromatic carbocycles. The van der Waals surface area contributed by atoms with Crippen molar-refractivity contribution < 1.29 is 0 Å². The van der Waals surface area contributed by atoms with Gasteiger partial charge < -0.3 is 9.13 Å². The second-order valence-corrected chi connectivity index (χ2v) is 19.2. The molecule has 0 fully saturated rings. The van der Waals surface area contributed by atoms with Crippen LogP contribution < -0.4 is 0 Å². The second-order valence-electron chi connectivity index (χ2n) is 19.2. The van der Waals surface area contributed by atoms with Gasteiger partial charge in [-0.25, -0.2) is 0 Å². The lowest BCUT2D eigenvalue weighted by Crippen LogP contribution is -1.94. The van der Waals surface area contributed by atoms with Crippen molar-refractivity contribution in [3.05, 3.63) is 267 Å². The van der Waals surface area contributed by atoms with Gasteiger partial charge in [0.25, 0.3) is 0 Å². The number of aromatic nitrogens is 2. The van der Waals surface area contributed by atoms with Gasteiger partial charge in [-0.3, -0.25) is 0 Å². The van der Waals surface area contributed by atoms with Crippen molar-refractivity contribution in [1.82, 2.24) is 9.13 Å². The third-order valence-corrected chi connectivity index (χ3v) is 15.3. The van der Waals surface area contributed by atoms with Gasteiger partial charge in [0.2, 0.25) is 0 Å². The average molecular weight is 913 g/mol. The summed E-state index contributed by atoms with van der Waals surface area (Å²) >= 11 is 0. The average Bonchev–Trinajstić information content (AvgIpc) is 3.97. The SMILES string of the molecule is c1ccc(-c2ccc(-c3ccc(-n4c5ccccc5c5cc(-c6ccc7c(c6)c6ccccc6n7-c6ccc(-c7cc8c9ccccc9c9ccccc9c8c8ccccc78)cc6)ccc54)cc3)cc2)cc1. The van der Waals surface area contributed by atoms with Crippen LogP contribution in [0.15, 0.2) is 267 Å². The van der Waals surface area contributed by atoms with E-state index in [4.69, 9.17) is 0 Å². The molecule has 15 rings (SSSR count). The number of hydrogen-bond acceptors (Lipinski definition) is 0. The van der Waals surface area contributed by atoms with Crippen LogP contribution in [0.2, 0.25) is 0 Å². The maximum atomic E-state index is 2.43. The first-order valence-electron chi connectivity index (χ1n) is 24.9. The van der Waals surface area contributed by atoms with Crippen molar-refractivity contribution >= 4 is 86.7 Å². The predicted octanol–water partition coefficient (Wildman–Crippen LogP) is 19.2. The van der Waals surface area contributed by atoms with Gasteiger partial charge in [-0.15, -0.1) is 0 Å². The summed E-state index contributed by atoms with van der Waals surface area (Å²) < 4.78 is 4.84. The molecule has 0 radical (unpaired) electrons. The molecule has 2 aromatic heterocycles. The Morgan fingerprint density at radius 3 is 1.03 bits per heavy atom. The highest BCUT2D eigenvalue weighted by atomic mass is 15.0. The summed E-state index contributed by atoms with van der Waals surface area (Å²) in [5.41, 5.74) is 16.8. The molecule has 0 unspecified atom stereocenters. The highest BCUT2D eigenvalue weighted by Crippen LogP contribution is 2.44. The van der Waals surface area contributed by atoms with E-state index in [0.717, 1.165) is 11.4 Å². The van der Waals surface area contributed by atoms with E-state index in [-0.39, 0.29) is 0 Å². The third kappa shape index (κ3) is 6.22. The van der Waals surface area contributed by atoms with Gasteiger partial charge in [0.1, 0.15) is 0 Å². The molecule has 0 aliphatic carbocycles. The predicted molar refractivity (Wildman–Crippen MR) is 307 cm³/mol. The van der Waals surface area contributed by atoms with E-state index < -0.39 is 0 Å². The van der Waals surface area contributed by atoms with Crippen LogP contribution in [0.1, 0.15) is 0 Å². The van der Waals surface area contributed by atoms with Gasteiger partial charge in [-0.2, -0.15) is 0 Å². The van der Waals surface area contributed by atoms with Gasteiger partial charge in [0, 0.05) is 32.9 Å². The zero-order chi connectivity index (χ0) is 47.3. The Morgan fingerprint density at radius 1 is 0.181 bits per heavy atom. The molecule has 0 saturated heterocycles. The molecule has 0 saturated carbocycles. The van der Waals surface area contributed by atoms with Gasteiger partial charge in [0.05, 0.1) is 22.1 Å². The van der Waals surface area contributed by atoms with E-state index in [0.29, 0.717) is 0 Å². The van der Waals surface area contributed by atoms with Gasteiger partial charge >= 0.3 is 0 Å². The molecule has 0 amide bonds. The fourth-order valence-electron chi connectivity index (χ4n) is 11.9. The van der Waals surface area contributed by atoms with E-state index in [1.807, 2.05) is 0 Å². The van der Waals surface area contributed by atoms with Gasteiger partial charge in [-0.05, 0) is 154 Å². The molecule has 72 heavy (non-hydrogen) atoms. The summed E-state index contributed by atoms with van der Waals surface area (Å²) in [6.45, 7) is 0. The molecule has 0 spiro atoms. The van der Waals surface area contributed by atoms with E-state index in [1.165, 1.54) is 131 Å². The molecular weight excluding hydrogens is 869 g/mol. The zero-order valence-electron chi connectivity index (χ0n) is 39.3. The van der Waals surface area contributed by atoms with Crippen LogP contribution in [0.4, 0.5) is 0 Å². The van der Waals surface area contributed by atoms with Crippen molar-refractivity contribution in [2.24, 2.45) is 0 Å². The molecule has 2 heterocycles. The summed E-state index contributed by atoms with van der Waals surface area (Å²) in [6, 6.07) is 98.4. The molecule has 2 heteroatoms. The lowest BCUT2D eigenvalue weighted by Gasteiger charge is -2.16. The second kappa shape index (κ2) is 16.0. The number of rotatable bonds is 6. The minimum atomic E-state index is 1.14. The first-order valence-corrected chi connectivity index (χ1v) is 24.9. The smallest absolute Gasteiger partial charge is 0.0541 e. The Kier molecular flexibility index (Phi) is 8.99. The number of nitrogens with zero attached hydrogens (tertiary/aromatic N) is 2. The molecule has 2 nitrogen and oxygen atoms in total. The Hall–Kier alpha value is -9.50. The molecule has 0 aliphatic heterocycles. The van der Waals surface area contributed by atoms with E-state index >= 15 is 0 Å². The summed E-state index contributed by atoms with van der Waals surface area (Å²) in [7, 11) is 0. The van der Waals surface area contributed by atoms with Crippen LogP contribution in [-0.2, 0) is 0 Å². The molecule has 15 aromatic rings. The number of hydrogen-bond donors (Lipinski definition) is 0. The van der Waals surface area contributed by atoms with Crippen LogP contribution in [0.3, 0.4) is 0 Å². The molecule has 334 valence electrons. The summed E-state index contributed by atoms with van der Waals surface area (Å²) in [4.78, 5) is 0. The largest absolute Gasteiger partial charge is 0.309 e.